The quantitative estimate of drug-likeness (QED) is 0.177. The number of carbonyl (C=O) groups excluding carboxylic acids is 3. The number of nitrogens with one attached hydrogen (secondary N) is 1. The predicted molar refractivity (Wildman–Crippen MR) is 75.9 cm³/mol. The van der Waals surface area contributed by atoms with E-state index in [0.29, 0.717) is 6.41 Å². The Bertz CT molecular complexity index is 492. The second-order valence-electron chi connectivity index (χ2n) is 4.94. The molecule has 2 amide bonds. The summed E-state index contributed by atoms with van der Waals surface area (Å²) in [7, 11) is 1.45. The third kappa shape index (κ3) is 4.99. The Hall–Kier alpha value is -2.01. The molecule has 1 aliphatic heterocycles. The van der Waals surface area contributed by atoms with Crippen LogP contribution in [0.25, 0.3) is 0 Å². The van der Waals surface area contributed by atoms with Gasteiger partial charge in [0, 0.05) is 18.8 Å². The average Bonchev–Trinajstić information content (AvgIpc) is 3.01. The van der Waals surface area contributed by atoms with E-state index in [1.54, 1.807) is 0 Å². The minimum absolute atomic E-state index is 0.118. The van der Waals surface area contributed by atoms with Gasteiger partial charge < -0.3 is 30.7 Å². The highest BCUT2D eigenvalue weighted by molar-refractivity contribution is 5.92. The molecular weight excluding hydrogens is 310 g/mol. The molecule has 1 aliphatic rings. The molecule has 1 saturated heterocycles. The number of rotatable bonds is 7. The summed E-state index contributed by atoms with van der Waals surface area (Å²) < 4.78 is 9.74. The molecule has 1 rings (SSSR count). The zero-order valence-corrected chi connectivity index (χ0v) is 12.9. The van der Waals surface area contributed by atoms with Gasteiger partial charge in [-0.3, -0.25) is 19.3 Å². The second-order valence-corrected chi connectivity index (χ2v) is 4.94. The van der Waals surface area contributed by atoms with Crippen molar-refractivity contribution in [3.63, 3.8) is 0 Å². The lowest BCUT2D eigenvalue weighted by atomic mass is 10.2. The molecule has 10 heteroatoms. The number of esters is 1. The molecule has 1 heterocycles. The molecular formula is C13H21N3O7. The van der Waals surface area contributed by atoms with Crippen LogP contribution in [-0.2, 0) is 23.9 Å². The summed E-state index contributed by atoms with van der Waals surface area (Å²) in [5.74, 6) is -4.23. The molecule has 2 unspecified atom stereocenters. The largest absolute Gasteiger partial charge is 0.405 e. The third-order valence-electron chi connectivity index (χ3n) is 3.23. The molecule has 130 valence electrons. The molecule has 1 fully saturated rings. The maximum Gasteiger partial charge on any atom is 0.352 e. The van der Waals surface area contributed by atoms with Crippen LogP contribution in [0.15, 0.2) is 11.8 Å². The molecule has 0 aromatic heterocycles. The third-order valence-corrected chi connectivity index (χ3v) is 3.23. The van der Waals surface area contributed by atoms with Gasteiger partial charge in [-0.15, -0.1) is 0 Å². The van der Waals surface area contributed by atoms with Crippen LogP contribution >= 0.6 is 0 Å². The number of nitrogens with two attached hydrogens (primary N) is 1. The number of nitrogens with zero attached hydrogens (tertiary/aromatic N) is 1. The fraction of sp³-hybridized carbons (Fsp3) is 0.615. The van der Waals surface area contributed by atoms with Gasteiger partial charge in [-0.05, 0) is 19.8 Å². The molecule has 2 atom stereocenters. The number of aliphatic hydroxyl groups is 2. The van der Waals surface area contributed by atoms with Crippen LogP contribution in [-0.4, -0.2) is 65.3 Å². The molecule has 23 heavy (non-hydrogen) atoms. The zero-order chi connectivity index (χ0) is 17.6. The van der Waals surface area contributed by atoms with Crippen molar-refractivity contribution in [2.75, 3.05) is 13.6 Å². The number of carbonyl (C=O) groups is 3. The zero-order valence-electron chi connectivity index (χ0n) is 12.9. The Balaban J connectivity index is 2.76. The van der Waals surface area contributed by atoms with Crippen LogP contribution < -0.4 is 11.1 Å². The summed E-state index contributed by atoms with van der Waals surface area (Å²) in [5.41, 5.74) is 5.30. The molecule has 10 nitrogen and oxygen atoms in total. The normalized spacial score (nSPS) is 21.7. The second kappa shape index (κ2) is 8.02. The van der Waals surface area contributed by atoms with Gasteiger partial charge in [0.05, 0.1) is 6.54 Å². The summed E-state index contributed by atoms with van der Waals surface area (Å²) in [6.45, 7) is 0.987. The Kier molecular flexibility index (Phi) is 6.63. The van der Waals surface area contributed by atoms with Crippen LogP contribution in [0.2, 0.25) is 0 Å². The Morgan fingerprint density at radius 2 is 2.13 bits per heavy atom. The first-order valence-corrected chi connectivity index (χ1v) is 6.90. The number of ether oxygens (including phenoxy) is 2. The van der Waals surface area contributed by atoms with Gasteiger partial charge in [0.15, 0.2) is 6.10 Å². The summed E-state index contributed by atoms with van der Waals surface area (Å²) >= 11 is 0. The van der Waals surface area contributed by atoms with Crippen LogP contribution in [0.3, 0.4) is 0 Å². The maximum absolute atomic E-state index is 11.4. The van der Waals surface area contributed by atoms with Gasteiger partial charge in [-0.1, -0.05) is 0 Å². The standard InChI is InChI=1S/C13H21N3O7/c1-8(12(19)15-2)6-16(7-17)10-4-3-9(22-10)13(20,21)23-11(18)5-14/h6-7,9-10,20-21H,3-5,14H2,1-2H3,(H,15,19)/b8-6-. The molecule has 0 bridgehead atoms. The molecule has 0 saturated carbocycles. The van der Waals surface area contributed by atoms with Crippen LogP contribution in [0, 0.1) is 0 Å². The molecule has 0 radical (unpaired) electrons. The van der Waals surface area contributed by atoms with E-state index in [-0.39, 0.29) is 24.3 Å². The summed E-state index contributed by atoms with van der Waals surface area (Å²) in [5, 5.41) is 21.9. The van der Waals surface area contributed by atoms with E-state index in [1.807, 2.05) is 0 Å². The van der Waals surface area contributed by atoms with Crippen molar-refractivity contribution < 1.29 is 34.1 Å². The lowest BCUT2D eigenvalue weighted by Crippen LogP contribution is -2.48. The van der Waals surface area contributed by atoms with Gasteiger partial charge >= 0.3 is 11.9 Å². The van der Waals surface area contributed by atoms with Crippen molar-refractivity contribution >= 4 is 18.3 Å². The minimum Gasteiger partial charge on any atom is -0.405 e. The van der Waals surface area contributed by atoms with Crippen molar-refractivity contribution in [3.8, 4) is 0 Å². The highest BCUT2D eigenvalue weighted by Gasteiger charge is 2.45. The molecule has 0 aromatic carbocycles. The lowest BCUT2D eigenvalue weighted by Gasteiger charge is -2.28. The van der Waals surface area contributed by atoms with Crippen molar-refractivity contribution in [2.45, 2.75) is 38.1 Å². The Morgan fingerprint density at radius 1 is 1.48 bits per heavy atom. The fourth-order valence-corrected chi connectivity index (χ4v) is 2.05. The van der Waals surface area contributed by atoms with Crippen molar-refractivity contribution in [1.82, 2.24) is 10.2 Å². The highest BCUT2D eigenvalue weighted by atomic mass is 16.8. The number of amides is 2. The molecule has 0 aliphatic carbocycles. The first-order valence-electron chi connectivity index (χ1n) is 6.90. The van der Waals surface area contributed by atoms with E-state index in [4.69, 9.17) is 10.5 Å². The van der Waals surface area contributed by atoms with Crippen LogP contribution in [0.5, 0.6) is 0 Å². The maximum atomic E-state index is 11.4. The van der Waals surface area contributed by atoms with Gasteiger partial charge in [0.1, 0.15) is 6.23 Å². The average molecular weight is 331 g/mol. The molecule has 0 aromatic rings. The van der Waals surface area contributed by atoms with E-state index in [0.717, 1.165) is 4.90 Å². The highest BCUT2D eigenvalue weighted by Crippen LogP contribution is 2.29. The Morgan fingerprint density at radius 3 is 2.65 bits per heavy atom. The van der Waals surface area contributed by atoms with Crippen molar-refractivity contribution in [2.24, 2.45) is 5.73 Å². The van der Waals surface area contributed by atoms with Crippen LogP contribution in [0.1, 0.15) is 19.8 Å². The van der Waals surface area contributed by atoms with E-state index < -0.39 is 30.8 Å². The minimum atomic E-state index is -2.85. The molecule has 0 spiro atoms. The summed E-state index contributed by atoms with van der Waals surface area (Å²) in [6, 6.07) is 0. The van der Waals surface area contributed by atoms with Crippen LogP contribution in [0.4, 0.5) is 0 Å². The van der Waals surface area contributed by atoms with Crippen molar-refractivity contribution in [1.29, 1.82) is 0 Å². The van der Waals surface area contributed by atoms with Gasteiger partial charge in [-0.25, -0.2) is 0 Å². The van der Waals surface area contributed by atoms with E-state index in [2.05, 4.69) is 10.1 Å². The summed E-state index contributed by atoms with van der Waals surface area (Å²) in [4.78, 5) is 34.8. The fourth-order valence-electron chi connectivity index (χ4n) is 2.05. The van der Waals surface area contributed by atoms with E-state index in [9.17, 15) is 24.6 Å². The lowest BCUT2D eigenvalue weighted by molar-refractivity contribution is -0.362. The first kappa shape index (κ1) is 19.0. The topological polar surface area (TPSA) is 151 Å². The van der Waals surface area contributed by atoms with Gasteiger partial charge in [-0.2, -0.15) is 0 Å². The monoisotopic (exact) mass is 331 g/mol. The number of hydrogen-bond acceptors (Lipinski definition) is 8. The molecule has 5 N–H and O–H groups in total. The van der Waals surface area contributed by atoms with E-state index in [1.165, 1.54) is 20.2 Å². The van der Waals surface area contributed by atoms with Gasteiger partial charge in [0.2, 0.25) is 12.3 Å². The van der Waals surface area contributed by atoms with Gasteiger partial charge in [0.25, 0.3) is 0 Å². The number of likely N-dealkylation sites (N-methyl/N-ethyl adjacent to an activating group) is 1. The summed E-state index contributed by atoms with van der Waals surface area (Å²) in [6.07, 6.45) is 0.0196. The van der Waals surface area contributed by atoms with Crippen molar-refractivity contribution in [3.05, 3.63) is 11.8 Å². The van der Waals surface area contributed by atoms with E-state index >= 15 is 0 Å². The predicted octanol–water partition coefficient (Wildman–Crippen LogP) is -2.26. The SMILES string of the molecule is CNC(=O)/C(C)=C\N(C=O)C1CCC(C(O)(O)OC(=O)CN)O1. The smallest absolute Gasteiger partial charge is 0.352 e. The number of hydrogen-bond donors (Lipinski definition) is 4. The Labute approximate surface area is 132 Å². The first-order chi connectivity index (χ1) is 10.7.